The first-order valence-corrected chi connectivity index (χ1v) is 7.08. The number of aromatic nitrogens is 1. The van der Waals surface area contributed by atoms with Gasteiger partial charge in [-0.1, -0.05) is 24.1 Å². The van der Waals surface area contributed by atoms with Crippen molar-refractivity contribution in [2.45, 2.75) is 12.0 Å². The zero-order valence-electron chi connectivity index (χ0n) is 12.3. The van der Waals surface area contributed by atoms with Gasteiger partial charge in [0.25, 0.3) is 5.91 Å². The molecule has 0 saturated heterocycles. The number of carbonyl (C=O) groups is 2. The summed E-state index contributed by atoms with van der Waals surface area (Å²) in [6, 6.07) is 9.93. The molecule has 0 saturated carbocycles. The zero-order valence-corrected chi connectivity index (χ0v) is 12.3. The Morgan fingerprint density at radius 2 is 1.96 bits per heavy atom. The molecule has 5 nitrogen and oxygen atoms in total. The van der Waals surface area contributed by atoms with Crippen LogP contribution in [0.4, 0.5) is 5.69 Å². The van der Waals surface area contributed by atoms with Gasteiger partial charge in [0.2, 0.25) is 0 Å². The number of pyridine rings is 1. The maximum Gasteiger partial charge on any atom is 0.265 e. The highest BCUT2D eigenvalue weighted by Gasteiger charge is 2.50. The lowest BCUT2D eigenvalue weighted by Gasteiger charge is -2.21. The standard InChI is InChI=1S/C18H14N2O3/c1-2-11-20-15-6-4-3-5-14(15)18(23,17(20)22)12-16(21)13-7-9-19-10-8-13/h1,3-10,23H,11-12H2. The number of anilines is 1. The number of para-hydroxylation sites is 1. The first-order valence-electron chi connectivity index (χ1n) is 7.08. The minimum atomic E-state index is -1.90. The lowest BCUT2D eigenvalue weighted by atomic mass is 9.88. The number of hydrogen-bond acceptors (Lipinski definition) is 4. The highest BCUT2D eigenvalue weighted by atomic mass is 16.3. The number of nitrogens with zero attached hydrogens (tertiary/aromatic N) is 2. The Labute approximate surface area is 133 Å². The smallest absolute Gasteiger partial charge is 0.265 e. The number of ketones is 1. The van der Waals surface area contributed by atoms with E-state index in [0.29, 0.717) is 16.8 Å². The van der Waals surface area contributed by atoms with E-state index >= 15 is 0 Å². The van der Waals surface area contributed by atoms with E-state index < -0.39 is 11.5 Å². The fourth-order valence-electron chi connectivity index (χ4n) is 2.80. The van der Waals surface area contributed by atoms with Gasteiger partial charge in [-0.2, -0.15) is 0 Å². The van der Waals surface area contributed by atoms with Crippen molar-refractivity contribution >= 4 is 17.4 Å². The van der Waals surface area contributed by atoms with E-state index in [1.165, 1.54) is 17.3 Å². The Kier molecular flexibility index (Phi) is 3.68. The van der Waals surface area contributed by atoms with Crippen molar-refractivity contribution in [1.29, 1.82) is 0 Å². The molecule has 1 atom stereocenters. The van der Waals surface area contributed by atoms with Gasteiger partial charge in [0.15, 0.2) is 11.4 Å². The van der Waals surface area contributed by atoms with Gasteiger partial charge in [-0.15, -0.1) is 6.42 Å². The number of rotatable bonds is 4. The van der Waals surface area contributed by atoms with E-state index in [2.05, 4.69) is 10.9 Å². The maximum absolute atomic E-state index is 12.7. The van der Waals surface area contributed by atoms with Crippen LogP contribution in [0.1, 0.15) is 22.3 Å². The molecule has 2 aromatic rings. The third-order valence-electron chi connectivity index (χ3n) is 3.91. The van der Waals surface area contributed by atoms with E-state index in [4.69, 9.17) is 6.42 Å². The summed E-state index contributed by atoms with van der Waals surface area (Å²) < 4.78 is 0. The summed E-state index contributed by atoms with van der Waals surface area (Å²) in [6.07, 6.45) is 7.95. The van der Waals surface area contributed by atoms with Crippen LogP contribution in [0, 0.1) is 12.3 Å². The van der Waals surface area contributed by atoms with Gasteiger partial charge in [-0.05, 0) is 18.2 Å². The maximum atomic E-state index is 12.7. The summed E-state index contributed by atoms with van der Waals surface area (Å²) in [4.78, 5) is 30.3. The molecular weight excluding hydrogens is 292 g/mol. The Morgan fingerprint density at radius 1 is 1.26 bits per heavy atom. The van der Waals surface area contributed by atoms with Crippen molar-refractivity contribution in [3.8, 4) is 12.3 Å². The minimum Gasteiger partial charge on any atom is -0.375 e. The van der Waals surface area contributed by atoms with Crippen LogP contribution >= 0.6 is 0 Å². The highest BCUT2D eigenvalue weighted by molar-refractivity contribution is 6.10. The Bertz CT molecular complexity index is 811. The molecule has 0 radical (unpaired) electrons. The first-order chi connectivity index (χ1) is 11.1. The number of carbonyl (C=O) groups excluding carboxylic acids is 2. The van der Waals surface area contributed by atoms with Gasteiger partial charge < -0.3 is 5.11 Å². The van der Waals surface area contributed by atoms with E-state index in [1.54, 1.807) is 36.4 Å². The third kappa shape index (κ3) is 2.39. The lowest BCUT2D eigenvalue weighted by molar-refractivity contribution is -0.135. The van der Waals surface area contributed by atoms with Crippen molar-refractivity contribution in [3.05, 3.63) is 59.9 Å². The van der Waals surface area contributed by atoms with E-state index in [9.17, 15) is 14.7 Å². The number of Topliss-reactive ketones (excluding diaryl/α,β-unsaturated/α-hetero) is 1. The molecule has 1 aromatic heterocycles. The second-order valence-electron chi connectivity index (χ2n) is 5.31. The van der Waals surface area contributed by atoms with Gasteiger partial charge >= 0.3 is 0 Å². The molecule has 1 N–H and O–H groups in total. The third-order valence-corrected chi connectivity index (χ3v) is 3.91. The van der Waals surface area contributed by atoms with Crippen LogP contribution in [0.25, 0.3) is 0 Å². The molecule has 1 unspecified atom stereocenters. The van der Waals surface area contributed by atoms with Crippen molar-refractivity contribution < 1.29 is 14.7 Å². The molecule has 1 amide bonds. The van der Waals surface area contributed by atoms with Crippen LogP contribution < -0.4 is 4.90 Å². The molecule has 2 heterocycles. The Balaban J connectivity index is 1.99. The average Bonchev–Trinajstić information content (AvgIpc) is 2.78. The van der Waals surface area contributed by atoms with E-state index in [1.807, 2.05) is 0 Å². The van der Waals surface area contributed by atoms with Crippen LogP contribution in [0.5, 0.6) is 0 Å². The molecule has 0 fully saturated rings. The fraction of sp³-hybridized carbons (Fsp3) is 0.167. The zero-order chi connectivity index (χ0) is 16.4. The number of hydrogen-bond donors (Lipinski definition) is 1. The number of terminal acetylenes is 1. The molecule has 1 aromatic carbocycles. The molecule has 5 heteroatoms. The fourth-order valence-corrected chi connectivity index (χ4v) is 2.80. The van der Waals surface area contributed by atoms with Gasteiger partial charge in [0.1, 0.15) is 0 Å². The molecule has 3 rings (SSSR count). The molecule has 0 bridgehead atoms. The van der Waals surface area contributed by atoms with Gasteiger partial charge in [0.05, 0.1) is 18.7 Å². The van der Waals surface area contributed by atoms with Crippen LogP contribution in [-0.4, -0.2) is 28.3 Å². The largest absolute Gasteiger partial charge is 0.375 e. The summed E-state index contributed by atoms with van der Waals surface area (Å²) in [6.45, 7) is 0.0433. The summed E-state index contributed by atoms with van der Waals surface area (Å²) >= 11 is 0. The van der Waals surface area contributed by atoms with Crippen molar-refractivity contribution in [3.63, 3.8) is 0 Å². The number of benzene rings is 1. The number of aliphatic hydroxyl groups is 1. The topological polar surface area (TPSA) is 70.5 Å². The van der Waals surface area contributed by atoms with E-state index in [0.717, 1.165) is 0 Å². The van der Waals surface area contributed by atoms with Crippen LogP contribution in [0.3, 0.4) is 0 Å². The predicted octanol–water partition coefficient (Wildman–Crippen LogP) is 1.52. The van der Waals surface area contributed by atoms with Gasteiger partial charge in [0, 0.05) is 23.5 Å². The Morgan fingerprint density at radius 3 is 2.65 bits per heavy atom. The van der Waals surface area contributed by atoms with Crippen molar-refractivity contribution in [2.24, 2.45) is 0 Å². The molecule has 1 aliphatic heterocycles. The normalized spacial score (nSPS) is 19.3. The van der Waals surface area contributed by atoms with Gasteiger partial charge in [-0.3, -0.25) is 19.5 Å². The molecule has 23 heavy (non-hydrogen) atoms. The number of fused-ring (bicyclic) bond motifs is 1. The summed E-state index contributed by atoms with van der Waals surface area (Å²) in [5, 5.41) is 10.9. The monoisotopic (exact) mass is 306 g/mol. The van der Waals surface area contributed by atoms with Crippen LogP contribution in [0.15, 0.2) is 48.8 Å². The molecular formula is C18H14N2O3. The Hall–Kier alpha value is -2.97. The highest BCUT2D eigenvalue weighted by Crippen LogP contribution is 2.42. The van der Waals surface area contributed by atoms with E-state index in [-0.39, 0.29) is 18.7 Å². The van der Waals surface area contributed by atoms with Crippen LogP contribution in [-0.2, 0) is 10.4 Å². The molecule has 0 spiro atoms. The SMILES string of the molecule is C#CCN1C(=O)C(O)(CC(=O)c2ccncc2)c2ccccc21. The second-order valence-corrected chi connectivity index (χ2v) is 5.31. The predicted molar refractivity (Wildman–Crippen MR) is 84.7 cm³/mol. The molecule has 1 aliphatic rings. The van der Waals surface area contributed by atoms with Crippen molar-refractivity contribution in [2.75, 3.05) is 11.4 Å². The van der Waals surface area contributed by atoms with Crippen molar-refractivity contribution in [1.82, 2.24) is 4.98 Å². The summed E-state index contributed by atoms with van der Waals surface area (Å²) in [5.41, 5.74) is -0.550. The van der Waals surface area contributed by atoms with Crippen LogP contribution in [0.2, 0.25) is 0 Å². The quantitative estimate of drug-likeness (QED) is 0.687. The number of amides is 1. The average molecular weight is 306 g/mol. The minimum absolute atomic E-state index is 0.0433. The summed E-state index contributed by atoms with van der Waals surface area (Å²) in [5.74, 6) is 1.50. The summed E-state index contributed by atoms with van der Waals surface area (Å²) in [7, 11) is 0. The first kappa shape index (κ1) is 14.9. The van der Waals surface area contributed by atoms with Gasteiger partial charge in [-0.25, -0.2) is 0 Å². The lowest BCUT2D eigenvalue weighted by Crippen LogP contribution is -2.42. The molecule has 114 valence electrons. The second kappa shape index (κ2) is 5.67. The molecule has 0 aliphatic carbocycles.